The molecule has 1 fully saturated rings. The van der Waals surface area contributed by atoms with Gasteiger partial charge < -0.3 is 0 Å². The molecule has 3 heteroatoms. The fourth-order valence-electron chi connectivity index (χ4n) is 3.27. The minimum absolute atomic E-state index is 0.671. The molecule has 0 bridgehead atoms. The van der Waals surface area contributed by atoms with Crippen molar-refractivity contribution in [3.05, 3.63) is 48.0 Å². The largest absolute Gasteiger partial charge is 0.299 e. The Morgan fingerprint density at radius 3 is 2.70 bits per heavy atom. The molecule has 124 valence electrons. The first-order valence-electron chi connectivity index (χ1n) is 8.79. The highest BCUT2D eigenvalue weighted by molar-refractivity contribution is 5.31. The molecule has 1 atom stereocenters. The minimum Gasteiger partial charge on any atom is -0.299 e. The predicted octanol–water partition coefficient (Wildman–Crippen LogP) is 3.81. The summed E-state index contributed by atoms with van der Waals surface area (Å²) in [5.41, 5.74) is 2.04. The molecule has 0 amide bonds. The van der Waals surface area contributed by atoms with Crippen molar-refractivity contribution < 1.29 is 0 Å². The summed E-state index contributed by atoms with van der Waals surface area (Å²) in [7, 11) is 0. The third kappa shape index (κ3) is 5.82. The van der Waals surface area contributed by atoms with Gasteiger partial charge in [-0.3, -0.25) is 9.80 Å². The molecule has 0 radical (unpaired) electrons. The number of benzene rings is 1. The lowest BCUT2D eigenvalue weighted by molar-refractivity contribution is 0.197. The van der Waals surface area contributed by atoms with Crippen molar-refractivity contribution in [2.75, 3.05) is 26.2 Å². The highest BCUT2D eigenvalue weighted by atomic mass is 15.2. The van der Waals surface area contributed by atoms with E-state index in [0.717, 1.165) is 38.2 Å². The van der Waals surface area contributed by atoms with Crippen molar-refractivity contribution in [3.8, 4) is 6.07 Å². The maximum Gasteiger partial charge on any atom is 0.0991 e. The monoisotopic (exact) mass is 311 g/mol. The van der Waals surface area contributed by atoms with E-state index in [9.17, 15) is 0 Å². The maximum absolute atomic E-state index is 8.87. The molecule has 0 unspecified atom stereocenters. The average molecular weight is 311 g/mol. The Kier molecular flexibility index (Phi) is 7.32. The van der Waals surface area contributed by atoms with Crippen LogP contribution in [0.5, 0.6) is 0 Å². The van der Waals surface area contributed by atoms with E-state index in [2.05, 4.69) is 41.5 Å². The average Bonchev–Trinajstić information content (AvgIpc) is 2.81. The predicted molar refractivity (Wildman–Crippen MR) is 96.1 cm³/mol. The quantitative estimate of drug-likeness (QED) is 0.566. The van der Waals surface area contributed by atoms with Crippen LogP contribution in [0.3, 0.4) is 0 Å². The summed E-state index contributed by atoms with van der Waals surface area (Å²) in [5.74, 6) is 0. The molecule has 0 N–H and O–H groups in total. The van der Waals surface area contributed by atoms with Gasteiger partial charge in [0.15, 0.2) is 0 Å². The van der Waals surface area contributed by atoms with Gasteiger partial charge in [-0.1, -0.05) is 18.2 Å². The number of hydrogen-bond acceptors (Lipinski definition) is 3. The maximum atomic E-state index is 8.87. The fourth-order valence-corrected chi connectivity index (χ4v) is 3.27. The molecule has 1 aromatic carbocycles. The minimum atomic E-state index is 0.671. The highest BCUT2D eigenvalue weighted by Crippen LogP contribution is 2.14. The summed E-state index contributed by atoms with van der Waals surface area (Å²) in [5, 5.41) is 8.87. The van der Waals surface area contributed by atoms with Crippen LogP contribution in [0, 0.1) is 11.3 Å². The second-order valence-electron chi connectivity index (χ2n) is 6.54. The third-order valence-corrected chi connectivity index (χ3v) is 4.77. The summed E-state index contributed by atoms with van der Waals surface area (Å²) in [6.07, 6.45) is 6.90. The van der Waals surface area contributed by atoms with E-state index in [4.69, 9.17) is 5.26 Å². The Labute approximate surface area is 141 Å². The molecule has 1 aliphatic heterocycles. The van der Waals surface area contributed by atoms with Crippen LogP contribution in [0.1, 0.15) is 43.7 Å². The van der Waals surface area contributed by atoms with E-state index in [1.165, 1.54) is 31.4 Å². The van der Waals surface area contributed by atoms with Gasteiger partial charge in [-0.15, -0.1) is 6.58 Å². The lowest BCUT2D eigenvalue weighted by Crippen LogP contribution is -2.36. The van der Waals surface area contributed by atoms with Crippen molar-refractivity contribution in [2.45, 2.75) is 45.2 Å². The second-order valence-corrected chi connectivity index (χ2v) is 6.54. The van der Waals surface area contributed by atoms with E-state index >= 15 is 0 Å². The standard InChI is InChI=1S/C20H29N3/c1-3-4-5-7-18(2)23-13-6-12-22(14-15-23)17-20-10-8-19(16-21)9-11-20/h3,8-11,18H,1,4-7,12-15,17H2,2H3/t18-/m0/s1. The summed E-state index contributed by atoms with van der Waals surface area (Å²) >= 11 is 0. The SMILES string of the molecule is C=CCCC[C@H](C)N1CCCN(Cc2ccc(C#N)cc2)CC1. The second kappa shape index (κ2) is 9.50. The molecular formula is C20H29N3. The molecule has 1 heterocycles. The summed E-state index contributed by atoms with van der Waals surface area (Å²) in [4.78, 5) is 5.18. The van der Waals surface area contributed by atoms with E-state index in [1.54, 1.807) is 0 Å². The molecule has 1 aromatic rings. The van der Waals surface area contributed by atoms with Crippen LogP contribution < -0.4 is 0 Å². The molecule has 1 saturated heterocycles. The van der Waals surface area contributed by atoms with E-state index < -0.39 is 0 Å². The van der Waals surface area contributed by atoms with Crippen LogP contribution >= 0.6 is 0 Å². The Hall–Kier alpha value is -1.63. The Bertz CT molecular complexity index is 515. The van der Waals surface area contributed by atoms with E-state index in [1.807, 2.05) is 18.2 Å². The first kappa shape index (κ1) is 17.7. The molecule has 2 rings (SSSR count). The lowest BCUT2D eigenvalue weighted by atomic mass is 10.1. The van der Waals surface area contributed by atoms with Gasteiger partial charge in [-0.25, -0.2) is 0 Å². The summed E-state index contributed by atoms with van der Waals surface area (Å²) < 4.78 is 0. The van der Waals surface area contributed by atoms with E-state index in [0.29, 0.717) is 6.04 Å². The fraction of sp³-hybridized carbons (Fsp3) is 0.550. The van der Waals surface area contributed by atoms with Crippen LogP contribution in [0.25, 0.3) is 0 Å². The first-order valence-corrected chi connectivity index (χ1v) is 8.79. The zero-order valence-electron chi connectivity index (χ0n) is 14.4. The van der Waals surface area contributed by atoms with Gasteiger partial charge >= 0.3 is 0 Å². The molecule has 23 heavy (non-hydrogen) atoms. The molecule has 0 saturated carbocycles. The van der Waals surface area contributed by atoms with Crippen LogP contribution in [0.15, 0.2) is 36.9 Å². The Morgan fingerprint density at radius 2 is 2.00 bits per heavy atom. The van der Waals surface area contributed by atoms with Crippen molar-refractivity contribution in [1.82, 2.24) is 9.80 Å². The van der Waals surface area contributed by atoms with Crippen molar-refractivity contribution >= 4 is 0 Å². The van der Waals surface area contributed by atoms with E-state index in [-0.39, 0.29) is 0 Å². The lowest BCUT2D eigenvalue weighted by Gasteiger charge is -2.27. The zero-order chi connectivity index (χ0) is 16.5. The Balaban J connectivity index is 1.80. The summed E-state index contributed by atoms with van der Waals surface area (Å²) in [6.45, 7) is 11.8. The normalized spacial score (nSPS) is 18.1. The molecule has 0 aromatic heterocycles. The molecule has 3 nitrogen and oxygen atoms in total. The number of nitriles is 1. The number of allylic oxidation sites excluding steroid dienone is 1. The van der Waals surface area contributed by atoms with Crippen LogP contribution in [-0.4, -0.2) is 42.0 Å². The molecular weight excluding hydrogens is 282 g/mol. The third-order valence-electron chi connectivity index (χ3n) is 4.77. The van der Waals surface area contributed by atoms with Crippen LogP contribution in [0.2, 0.25) is 0 Å². The van der Waals surface area contributed by atoms with Gasteiger partial charge in [-0.2, -0.15) is 5.26 Å². The van der Waals surface area contributed by atoms with Gasteiger partial charge in [0.1, 0.15) is 0 Å². The highest BCUT2D eigenvalue weighted by Gasteiger charge is 2.18. The van der Waals surface area contributed by atoms with Gasteiger partial charge in [0.05, 0.1) is 11.6 Å². The van der Waals surface area contributed by atoms with Gasteiger partial charge in [0, 0.05) is 25.7 Å². The first-order chi connectivity index (χ1) is 11.2. The van der Waals surface area contributed by atoms with Gasteiger partial charge in [0.2, 0.25) is 0 Å². The van der Waals surface area contributed by atoms with Crippen LogP contribution in [0.4, 0.5) is 0 Å². The van der Waals surface area contributed by atoms with Crippen molar-refractivity contribution in [1.29, 1.82) is 5.26 Å². The molecule has 0 aliphatic carbocycles. The molecule has 1 aliphatic rings. The van der Waals surface area contributed by atoms with Crippen molar-refractivity contribution in [2.24, 2.45) is 0 Å². The summed E-state index contributed by atoms with van der Waals surface area (Å²) in [6, 6.07) is 10.9. The topological polar surface area (TPSA) is 30.3 Å². The Morgan fingerprint density at radius 1 is 1.22 bits per heavy atom. The van der Waals surface area contributed by atoms with Gasteiger partial charge in [-0.05, 0) is 63.4 Å². The molecule has 0 spiro atoms. The van der Waals surface area contributed by atoms with Crippen LogP contribution in [-0.2, 0) is 6.54 Å². The van der Waals surface area contributed by atoms with Crippen molar-refractivity contribution in [3.63, 3.8) is 0 Å². The van der Waals surface area contributed by atoms with Gasteiger partial charge in [0.25, 0.3) is 0 Å². The number of hydrogen-bond donors (Lipinski definition) is 0. The number of unbranched alkanes of at least 4 members (excludes halogenated alkanes) is 1. The smallest absolute Gasteiger partial charge is 0.0991 e. The number of nitrogens with zero attached hydrogens (tertiary/aromatic N) is 3. The zero-order valence-corrected chi connectivity index (χ0v) is 14.4. The number of rotatable bonds is 7.